The Morgan fingerprint density at radius 2 is 1.95 bits per heavy atom. The molecule has 0 aliphatic carbocycles. The minimum Gasteiger partial charge on any atom is -0.497 e. The maximum absolute atomic E-state index is 12.1. The molecule has 0 aliphatic heterocycles. The van der Waals surface area contributed by atoms with E-state index in [1.54, 1.807) is 33.3 Å². The molecule has 112 valence electrons. The van der Waals surface area contributed by atoms with Crippen molar-refractivity contribution in [2.75, 3.05) is 14.2 Å². The number of benzene rings is 1. The lowest BCUT2D eigenvalue weighted by Crippen LogP contribution is -2.26. The van der Waals surface area contributed by atoms with E-state index in [1.807, 2.05) is 25.1 Å². The van der Waals surface area contributed by atoms with Crippen molar-refractivity contribution in [2.24, 2.45) is 0 Å². The summed E-state index contributed by atoms with van der Waals surface area (Å²) in [7, 11) is 3.19. The number of nitrogens with one attached hydrogen (secondary N) is 1. The highest BCUT2D eigenvalue weighted by molar-refractivity contribution is 5.91. The predicted octanol–water partition coefficient (Wildman–Crippen LogP) is 3.10. The third kappa shape index (κ3) is 3.37. The van der Waals surface area contributed by atoms with Crippen molar-refractivity contribution < 1.29 is 18.7 Å². The SMILES string of the molecule is COc1ccc(OC)c([C@H](C)NC(=O)c2ccc(C)o2)c1. The summed E-state index contributed by atoms with van der Waals surface area (Å²) in [6, 6.07) is 8.64. The van der Waals surface area contributed by atoms with Gasteiger partial charge in [0.25, 0.3) is 5.91 Å². The van der Waals surface area contributed by atoms with Gasteiger partial charge in [0, 0.05) is 5.56 Å². The molecular weight excluding hydrogens is 270 g/mol. The summed E-state index contributed by atoms with van der Waals surface area (Å²) in [4.78, 5) is 12.1. The largest absolute Gasteiger partial charge is 0.497 e. The lowest BCUT2D eigenvalue weighted by Gasteiger charge is -2.17. The van der Waals surface area contributed by atoms with E-state index in [9.17, 15) is 4.79 Å². The first-order valence-corrected chi connectivity index (χ1v) is 6.64. The monoisotopic (exact) mass is 289 g/mol. The van der Waals surface area contributed by atoms with E-state index in [0.29, 0.717) is 23.0 Å². The van der Waals surface area contributed by atoms with E-state index in [2.05, 4.69) is 5.32 Å². The molecule has 0 bridgehead atoms. The molecule has 1 atom stereocenters. The van der Waals surface area contributed by atoms with Crippen LogP contribution in [0.4, 0.5) is 0 Å². The van der Waals surface area contributed by atoms with Gasteiger partial charge in [0.1, 0.15) is 17.3 Å². The molecule has 5 heteroatoms. The third-order valence-corrected chi connectivity index (χ3v) is 3.22. The predicted molar refractivity (Wildman–Crippen MR) is 78.9 cm³/mol. The lowest BCUT2D eigenvalue weighted by molar-refractivity contribution is 0.0910. The molecule has 2 aromatic rings. The Morgan fingerprint density at radius 1 is 1.19 bits per heavy atom. The Labute approximate surface area is 123 Å². The fourth-order valence-corrected chi connectivity index (χ4v) is 2.08. The molecule has 0 unspecified atom stereocenters. The van der Waals surface area contributed by atoms with E-state index < -0.39 is 0 Å². The van der Waals surface area contributed by atoms with Gasteiger partial charge in [0.05, 0.1) is 20.3 Å². The number of rotatable bonds is 5. The smallest absolute Gasteiger partial charge is 0.287 e. The maximum Gasteiger partial charge on any atom is 0.287 e. The van der Waals surface area contributed by atoms with Crippen molar-refractivity contribution in [3.8, 4) is 11.5 Å². The third-order valence-electron chi connectivity index (χ3n) is 3.22. The standard InChI is InChI=1S/C16H19NO4/c1-10-5-7-15(21-10)16(18)17-11(2)13-9-12(19-3)6-8-14(13)20-4/h5-9,11H,1-4H3,(H,17,18)/t11-/m0/s1. The number of ether oxygens (including phenoxy) is 2. The number of amides is 1. The van der Waals surface area contributed by atoms with Crippen LogP contribution in [0.3, 0.4) is 0 Å². The highest BCUT2D eigenvalue weighted by Gasteiger charge is 2.17. The van der Waals surface area contributed by atoms with Crippen LogP contribution in [0, 0.1) is 6.92 Å². The van der Waals surface area contributed by atoms with E-state index >= 15 is 0 Å². The lowest BCUT2D eigenvalue weighted by atomic mass is 10.1. The Morgan fingerprint density at radius 3 is 2.52 bits per heavy atom. The van der Waals surface area contributed by atoms with Gasteiger partial charge < -0.3 is 19.2 Å². The molecule has 1 amide bonds. The molecular formula is C16H19NO4. The van der Waals surface area contributed by atoms with Crippen molar-refractivity contribution in [1.82, 2.24) is 5.32 Å². The Bertz CT molecular complexity index is 633. The average molecular weight is 289 g/mol. The van der Waals surface area contributed by atoms with Crippen molar-refractivity contribution in [1.29, 1.82) is 0 Å². The van der Waals surface area contributed by atoms with Crippen molar-refractivity contribution >= 4 is 5.91 Å². The molecule has 21 heavy (non-hydrogen) atoms. The number of hydrogen-bond donors (Lipinski definition) is 1. The quantitative estimate of drug-likeness (QED) is 0.918. The van der Waals surface area contributed by atoms with Crippen LogP contribution < -0.4 is 14.8 Å². The normalized spacial score (nSPS) is 11.8. The van der Waals surface area contributed by atoms with Gasteiger partial charge in [-0.25, -0.2) is 0 Å². The van der Waals surface area contributed by atoms with Crippen LogP contribution in [0.15, 0.2) is 34.7 Å². The van der Waals surface area contributed by atoms with Crippen molar-refractivity contribution in [2.45, 2.75) is 19.9 Å². The number of furan rings is 1. The summed E-state index contributed by atoms with van der Waals surface area (Å²) in [5.74, 6) is 2.13. The summed E-state index contributed by atoms with van der Waals surface area (Å²) in [6.45, 7) is 3.68. The topological polar surface area (TPSA) is 60.7 Å². The molecule has 0 aliphatic rings. The van der Waals surface area contributed by atoms with Gasteiger partial charge in [-0.15, -0.1) is 0 Å². The molecule has 0 saturated heterocycles. The second kappa shape index (κ2) is 6.35. The Balaban J connectivity index is 2.19. The summed E-state index contributed by atoms with van der Waals surface area (Å²) >= 11 is 0. The molecule has 1 aromatic heterocycles. The molecule has 1 aromatic carbocycles. The minimum absolute atomic E-state index is 0.243. The molecule has 1 heterocycles. The van der Waals surface area contributed by atoms with Crippen LogP contribution in [0.2, 0.25) is 0 Å². The zero-order chi connectivity index (χ0) is 15.4. The molecule has 0 spiro atoms. The van der Waals surface area contributed by atoms with Gasteiger partial charge in [-0.3, -0.25) is 4.79 Å². The molecule has 1 N–H and O–H groups in total. The highest BCUT2D eigenvalue weighted by atomic mass is 16.5. The van der Waals surface area contributed by atoms with Crippen molar-refractivity contribution in [3.05, 3.63) is 47.4 Å². The second-order valence-electron chi connectivity index (χ2n) is 4.71. The van der Waals surface area contributed by atoms with Crippen LogP contribution in [0.5, 0.6) is 11.5 Å². The zero-order valence-corrected chi connectivity index (χ0v) is 12.6. The first kappa shape index (κ1) is 15.0. The number of aryl methyl sites for hydroxylation is 1. The minimum atomic E-state index is -0.263. The molecule has 0 fully saturated rings. The van der Waals surface area contributed by atoms with Crippen LogP contribution >= 0.6 is 0 Å². The first-order valence-electron chi connectivity index (χ1n) is 6.64. The number of methoxy groups -OCH3 is 2. The van der Waals surface area contributed by atoms with Gasteiger partial charge >= 0.3 is 0 Å². The van der Waals surface area contributed by atoms with Crippen LogP contribution in [0.1, 0.15) is 34.8 Å². The number of hydrogen-bond acceptors (Lipinski definition) is 4. The van der Waals surface area contributed by atoms with E-state index in [-0.39, 0.29) is 11.9 Å². The van der Waals surface area contributed by atoms with Crippen LogP contribution in [-0.4, -0.2) is 20.1 Å². The Hall–Kier alpha value is -2.43. The van der Waals surface area contributed by atoms with Crippen LogP contribution in [-0.2, 0) is 0 Å². The van der Waals surface area contributed by atoms with E-state index in [0.717, 1.165) is 5.56 Å². The average Bonchev–Trinajstić information content (AvgIpc) is 2.93. The fourth-order valence-electron chi connectivity index (χ4n) is 2.08. The van der Waals surface area contributed by atoms with Gasteiger partial charge in [-0.1, -0.05) is 0 Å². The van der Waals surface area contributed by atoms with Gasteiger partial charge in [-0.2, -0.15) is 0 Å². The summed E-state index contributed by atoms with van der Waals surface area (Å²) in [6.07, 6.45) is 0. The molecule has 0 radical (unpaired) electrons. The van der Waals surface area contributed by atoms with E-state index in [1.165, 1.54) is 0 Å². The van der Waals surface area contributed by atoms with Gasteiger partial charge in [0.15, 0.2) is 5.76 Å². The Kier molecular flexibility index (Phi) is 4.52. The van der Waals surface area contributed by atoms with Crippen LogP contribution in [0.25, 0.3) is 0 Å². The maximum atomic E-state index is 12.1. The molecule has 5 nitrogen and oxygen atoms in total. The summed E-state index contributed by atoms with van der Waals surface area (Å²) < 4.78 is 15.9. The highest BCUT2D eigenvalue weighted by Crippen LogP contribution is 2.29. The summed E-state index contributed by atoms with van der Waals surface area (Å²) in [5, 5.41) is 2.88. The van der Waals surface area contributed by atoms with Gasteiger partial charge in [-0.05, 0) is 44.2 Å². The fraction of sp³-hybridized carbons (Fsp3) is 0.312. The second-order valence-corrected chi connectivity index (χ2v) is 4.71. The number of carbonyl (C=O) groups excluding carboxylic acids is 1. The van der Waals surface area contributed by atoms with E-state index in [4.69, 9.17) is 13.9 Å². The first-order chi connectivity index (χ1) is 10.0. The zero-order valence-electron chi connectivity index (χ0n) is 12.6. The number of carbonyl (C=O) groups is 1. The van der Waals surface area contributed by atoms with Gasteiger partial charge in [0.2, 0.25) is 0 Å². The molecule has 2 rings (SSSR count). The van der Waals surface area contributed by atoms with Crippen molar-refractivity contribution in [3.63, 3.8) is 0 Å². The molecule has 0 saturated carbocycles. The summed E-state index contributed by atoms with van der Waals surface area (Å²) in [5.41, 5.74) is 0.841.